The number of hydrogen-bond acceptors (Lipinski definition) is 6. The summed E-state index contributed by atoms with van der Waals surface area (Å²) < 4.78 is 5.13. The van der Waals surface area contributed by atoms with Crippen molar-refractivity contribution in [1.82, 2.24) is 4.90 Å². The number of carbonyl (C=O) groups excluding carboxylic acids is 3. The molecule has 3 fully saturated rings. The molecule has 5 aliphatic rings. The Morgan fingerprint density at radius 1 is 1.12 bits per heavy atom. The number of nitro benzene ring substituents is 1. The molecular formula is C24H27N3O6. The van der Waals surface area contributed by atoms with Gasteiger partial charge in [0, 0.05) is 19.0 Å². The molecule has 6 rings (SSSR count). The van der Waals surface area contributed by atoms with Gasteiger partial charge >= 0.3 is 0 Å². The van der Waals surface area contributed by atoms with Gasteiger partial charge in [0.05, 0.1) is 35.6 Å². The third kappa shape index (κ3) is 3.69. The number of anilines is 1. The quantitative estimate of drug-likeness (QED) is 0.202. The first-order valence-electron chi connectivity index (χ1n) is 11.6. The number of unbranched alkanes of at least 4 members (excludes halogenated alkanes) is 2. The van der Waals surface area contributed by atoms with Crippen LogP contribution in [0.5, 0.6) is 5.75 Å². The van der Waals surface area contributed by atoms with E-state index in [1.807, 2.05) is 0 Å². The lowest BCUT2D eigenvalue weighted by Crippen LogP contribution is -2.40. The van der Waals surface area contributed by atoms with Crippen molar-refractivity contribution >= 4 is 29.1 Å². The van der Waals surface area contributed by atoms with Gasteiger partial charge in [-0.25, -0.2) is 0 Å². The molecule has 1 heterocycles. The van der Waals surface area contributed by atoms with Crippen molar-refractivity contribution in [1.29, 1.82) is 0 Å². The zero-order chi connectivity index (χ0) is 23.3. The van der Waals surface area contributed by atoms with Crippen LogP contribution in [-0.2, 0) is 14.4 Å². The van der Waals surface area contributed by atoms with Gasteiger partial charge < -0.3 is 10.1 Å². The molecule has 1 N–H and O–H groups in total. The van der Waals surface area contributed by atoms with Crippen LogP contribution < -0.4 is 10.1 Å². The van der Waals surface area contributed by atoms with Crippen LogP contribution in [0.2, 0.25) is 0 Å². The topological polar surface area (TPSA) is 119 Å². The van der Waals surface area contributed by atoms with E-state index in [-0.39, 0.29) is 59.3 Å². The number of nitrogens with zero attached hydrogens (tertiary/aromatic N) is 2. The Bertz CT molecular complexity index is 1020. The molecule has 4 aliphatic carbocycles. The summed E-state index contributed by atoms with van der Waals surface area (Å²) in [6, 6.07) is 4.03. The van der Waals surface area contributed by atoms with Crippen molar-refractivity contribution in [3.05, 3.63) is 40.5 Å². The number of methoxy groups -OCH3 is 1. The molecule has 6 atom stereocenters. The highest BCUT2D eigenvalue weighted by atomic mass is 16.6. The number of amides is 3. The lowest BCUT2D eigenvalue weighted by Gasteiger charge is -2.37. The second-order valence-corrected chi connectivity index (χ2v) is 9.48. The van der Waals surface area contributed by atoms with Crippen LogP contribution in [0.15, 0.2) is 30.4 Å². The number of non-ortho nitro benzene ring substituents is 1. The van der Waals surface area contributed by atoms with Crippen molar-refractivity contribution in [3.63, 3.8) is 0 Å². The number of carbonyl (C=O) groups is 3. The van der Waals surface area contributed by atoms with Crippen molar-refractivity contribution in [2.45, 2.75) is 32.1 Å². The Kier molecular flexibility index (Phi) is 5.42. The molecule has 9 heteroatoms. The van der Waals surface area contributed by atoms with Crippen LogP contribution >= 0.6 is 0 Å². The minimum Gasteiger partial charge on any atom is -0.494 e. The van der Waals surface area contributed by atoms with Crippen molar-refractivity contribution in [2.75, 3.05) is 19.0 Å². The first kappa shape index (κ1) is 21.6. The van der Waals surface area contributed by atoms with E-state index >= 15 is 0 Å². The molecule has 1 saturated heterocycles. The number of rotatable bonds is 9. The molecule has 0 radical (unpaired) electrons. The summed E-state index contributed by atoms with van der Waals surface area (Å²) >= 11 is 0. The maximum Gasteiger partial charge on any atom is 0.273 e. The fraction of sp³-hybridized carbons (Fsp3) is 0.542. The van der Waals surface area contributed by atoms with Gasteiger partial charge in [-0.1, -0.05) is 18.6 Å². The minimum absolute atomic E-state index is 0.00212. The highest BCUT2D eigenvalue weighted by Gasteiger charge is 2.66. The van der Waals surface area contributed by atoms with Crippen molar-refractivity contribution in [3.8, 4) is 5.75 Å². The fourth-order valence-electron chi connectivity index (χ4n) is 6.08. The van der Waals surface area contributed by atoms with E-state index in [1.54, 1.807) is 0 Å². The SMILES string of the molecule is COc1cc([N+](=O)[O-])ccc1NC(=O)CCCCCN1C(=O)C2C3C=CC(C4CC34)C2C1=O. The molecule has 0 aromatic heterocycles. The molecular weight excluding hydrogens is 426 g/mol. The van der Waals surface area contributed by atoms with Crippen molar-refractivity contribution in [2.24, 2.45) is 35.5 Å². The molecule has 9 nitrogen and oxygen atoms in total. The molecule has 174 valence electrons. The average Bonchev–Trinajstić information content (AvgIpc) is 3.59. The van der Waals surface area contributed by atoms with Gasteiger partial charge in [0.2, 0.25) is 17.7 Å². The largest absolute Gasteiger partial charge is 0.494 e. The van der Waals surface area contributed by atoms with E-state index in [1.165, 1.54) is 30.2 Å². The van der Waals surface area contributed by atoms with Crippen LogP contribution in [0.25, 0.3) is 0 Å². The van der Waals surface area contributed by atoms with Crippen LogP contribution in [0.4, 0.5) is 11.4 Å². The maximum absolute atomic E-state index is 13.0. The Morgan fingerprint density at radius 3 is 2.39 bits per heavy atom. The summed E-state index contributed by atoms with van der Waals surface area (Å²) in [7, 11) is 1.39. The molecule has 0 spiro atoms. The summed E-state index contributed by atoms with van der Waals surface area (Å²) in [5.74, 6) is 1.39. The second kappa shape index (κ2) is 8.28. The molecule has 1 aromatic carbocycles. The van der Waals surface area contributed by atoms with E-state index in [9.17, 15) is 24.5 Å². The normalized spacial score (nSPS) is 30.8. The highest BCUT2D eigenvalue weighted by Crippen LogP contribution is 2.65. The van der Waals surface area contributed by atoms with Gasteiger partial charge in [-0.05, 0) is 49.0 Å². The Morgan fingerprint density at radius 2 is 1.79 bits per heavy atom. The molecule has 1 aliphatic heterocycles. The average molecular weight is 453 g/mol. The molecule has 6 unspecified atom stereocenters. The summed E-state index contributed by atoms with van der Waals surface area (Å²) in [5.41, 5.74) is 0.266. The number of nitro groups is 1. The van der Waals surface area contributed by atoms with Gasteiger partial charge in [-0.2, -0.15) is 0 Å². The van der Waals surface area contributed by atoms with Gasteiger partial charge in [0.25, 0.3) is 5.69 Å². The maximum atomic E-state index is 13.0. The molecule has 3 amide bonds. The van der Waals surface area contributed by atoms with E-state index in [0.717, 1.165) is 6.42 Å². The van der Waals surface area contributed by atoms with E-state index < -0.39 is 4.92 Å². The zero-order valence-electron chi connectivity index (χ0n) is 18.4. The summed E-state index contributed by atoms with van der Waals surface area (Å²) in [6.45, 7) is 0.414. The van der Waals surface area contributed by atoms with Gasteiger partial charge in [-0.3, -0.25) is 29.4 Å². The second-order valence-electron chi connectivity index (χ2n) is 9.48. The monoisotopic (exact) mass is 453 g/mol. The zero-order valence-corrected chi connectivity index (χ0v) is 18.4. The molecule has 1 aromatic rings. The highest BCUT2D eigenvalue weighted by molar-refractivity contribution is 6.06. The van der Waals surface area contributed by atoms with Gasteiger partial charge in [0.15, 0.2) is 0 Å². The smallest absolute Gasteiger partial charge is 0.273 e. The van der Waals surface area contributed by atoms with Crippen molar-refractivity contribution < 1.29 is 24.0 Å². The van der Waals surface area contributed by atoms with Gasteiger partial charge in [-0.15, -0.1) is 0 Å². The third-order valence-electron chi connectivity index (χ3n) is 7.71. The van der Waals surface area contributed by atoms with Crippen LogP contribution in [0, 0.1) is 45.6 Å². The molecule has 2 bridgehead atoms. The number of allylic oxidation sites excluding steroid dienone is 2. The summed E-state index contributed by atoms with van der Waals surface area (Å²) in [4.78, 5) is 50.0. The number of imide groups is 1. The number of hydrogen-bond donors (Lipinski definition) is 1. The number of ether oxygens (including phenoxy) is 1. The van der Waals surface area contributed by atoms with Crippen LogP contribution in [-0.4, -0.2) is 41.2 Å². The number of nitrogens with one attached hydrogen (secondary N) is 1. The van der Waals surface area contributed by atoms with Crippen LogP contribution in [0.1, 0.15) is 32.1 Å². The standard InChI is InChI=1S/C24H27N3O6/c1-33-19-11-13(27(31)32)6-9-18(19)25-20(28)5-3-2-4-10-26-23(29)21-14-7-8-15(17-12-16(14)17)22(21)24(26)30/h6-9,11,14-17,21-22H,2-5,10,12H2,1H3,(H,25,28). The van der Waals surface area contributed by atoms with E-state index in [2.05, 4.69) is 17.5 Å². The third-order valence-corrected chi connectivity index (χ3v) is 7.71. The number of likely N-dealkylation sites (tertiary alicyclic amines) is 1. The molecule has 33 heavy (non-hydrogen) atoms. The number of benzene rings is 1. The Hall–Kier alpha value is -3.23. The first-order chi connectivity index (χ1) is 15.9. The molecule has 2 saturated carbocycles. The lowest BCUT2D eigenvalue weighted by molar-refractivity contribution is -0.384. The predicted octanol–water partition coefficient (Wildman–Crippen LogP) is 3.16. The predicted molar refractivity (Wildman–Crippen MR) is 118 cm³/mol. The Labute approximate surface area is 191 Å². The lowest BCUT2D eigenvalue weighted by atomic mass is 9.63. The van der Waals surface area contributed by atoms with E-state index in [4.69, 9.17) is 4.74 Å². The van der Waals surface area contributed by atoms with Crippen LogP contribution in [0.3, 0.4) is 0 Å². The Balaban J connectivity index is 1.08. The van der Waals surface area contributed by atoms with Gasteiger partial charge in [0.1, 0.15) is 5.75 Å². The summed E-state index contributed by atoms with van der Waals surface area (Å²) in [5, 5.41) is 13.6. The summed E-state index contributed by atoms with van der Waals surface area (Å²) in [6.07, 6.45) is 7.77. The van der Waals surface area contributed by atoms with E-state index in [0.29, 0.717) is 43.3 Å². The fourth-order valence-corrected chi connectivity index (χ4v) is 6.08. The first-order valence-corrected chi connectivity index (χ1v) is 11.6. The minimum atomic E-state index is -0.525.